The fourth-order valence-corrected chi connectivity index (χ4v) is 4.88. The summed E-state index contributed by atoms with van der Waals surface area (Å²) < 4.78 is 26.4. The molecule has 0 fully saturated rings. The van der Waals surface area contributed by atoms with Gasteiger partial charge in [0.25, 0.3) is 0 Å². The minimum Gasteiger partial charge on any atom is -0.352 e. The van der Waals surface area contributed by atoms with E-state index >= 15 is 0 Å². The second-order valence-corrected chi connectivity index (χ2v) is 11.8. The van der Waals surface area contributed by atoms with Gasteiger partial charge in [0.1, 0.15) is 12.6 Å². The van der Waals surface area contributed by atoms with Gasteiger partial charge in [-0.05, 0) is 62.1 Å². The summed E-state index contributed by atoms with van der Waals surface area (Å²) in [6.45, 7) is 6.94. The van der Waals surface area contributed by atoms with Crippen molar-refractivity contribution in [3.05, 3.63) is 62.6 Å². The Labute approximate surface area is 228 Å². The highest BCUT2D eigenvalue weighted by atomic mass is 35.5. The van der Waals surface area contributed by atoms with E-state index in [1.165, 1.54) is 11.0 Å². The average molecular weight is 577 g/mol. The lowest BCUT2D eigenvalue weighted by Gasteiger charge is -2.33. The summed E-state index contributed by atoms with van der Waals surface area (Å²) >= 11 is 18.4. The number of hydrogen-bond acceptors (Lipinski definition) is 4. The third-order valence-corrected chi connectivity index (χ3v) is 8.13. The third-order valence-electron chi connectivity index (χ3n) is 5.85. The van der Waals surface area contributed by atoms with Crippen LogP contribution in [0.1, 0.15) is 44.7 Å². The predicted octanol–water partition coefficient (Wildman–Crippen LogP) is 5.44. The first-order chi connectivity index (χ1) is 16.8. The van der Waals surface area contributed by atoms with Crippen LogP contribution in [0.4, 0.5) is 5.69 Å². The highest BCUT2D eigenvalue weighted by Gasteiger charge is 2.32. The number of carbonyl (C=O) groups is 2. The van der Waals surface area contributed by atoms with Gasteiger partial charge in [0.15, 0.2) is 0 Å². The second-order valence-electron chi connectivity index (χ2n) is 8.72. The standard InChI is InChI=1S/C25H32Cl3N3O4S/c1-6-17(4)29-25(33)23(7-2)30(14-18-9-11-20(26)22(28)12-18)24(32)15-31(36(5,34)35)19-10-8-16(3)21(27)13-19/h8-13,17,23H,6-7,14-15H2,1-5H3,(H,29,33). The van der Waals surface area contributed by atoms with Crippen LogP contribution in [0.25, 0.3) is 0 Å². The van der Waals surface area contributed by atoms with Crippen LogP contribution in [-0.4, -0.2) is 50.0 Å². The normalized spacial score (nSPS) is 13.1. The molecule has 2 aromatic rings. The van der Waals surface area contributed by atoms with Crippen LogP contribution in [0.3, 0.4) is 0 Å². The van der Waals surface area contributed by atoms with Crippen molar-refractivity contribution in [2.45, 2.75) is 59.2 Å². The molecule has 11 heteroatoms. The summed E-state index contributed by atoms with van der Waals surface area (Å²) in [6.07, 6.45) is 2.06. The molecular formula is C25H32Cl3N3O4S. The van der Waals surface area contributed by atoms with Gasteiger partial charge in [-0.2, -0.15) is 0 Å². The summed E-state index contributed by atoms with van der Waals surface area (Å²) in [4.78, 5) is 28.2. The molecule has 2 unspecified atom stereocenters. The third kappa shape index (κ3) is 8.00. The molecule has 0 aliphatic rings. The monoisotopic (exact) mass is 575 g/mol. The van der Waals surface area contributed by atoms with Crippen molar-refractivity contribution in [3.8, 4) is 0 Å². The maximum Gasteiger partial charge on any atom is 0.244 e. The maximum absolute atomic E-state index is 13.7. The molecule has 2 aromatic carbocycles. The van der Waals surface area contributed by atoms with E-state index in [-0.39, 0.29) is 24.2 Å². The SMILES string of the molecule is CCC(C)NC(=O)C(CC)N(Cc1ccc(Cl)c(Cl)c1)C(=O)CN(c1ccc(C)c(Cl)c1)S(C)(=O)=O. The first-order valence-corrected chi connectivity index (χ1v) is 14.5. The number of nitrogens with one attached hydrogen (secondary N) is 1. The zero-order valence-corrected chi connectivity index (χ0v) is 24.1. The summed E-state index contributed by atoms with van der Waals surface area (Å²) in [7, 11) is -3.85. The van der Waals surface area contributed by atoms with Crippen molar-refractivity contribution in [3.63, 3.8) is 0 Å². The quantitative estimate of drug-likeness (QED) is 0.386. The number of nitrogens with zero attached hydrogens (tertiary/aromatic N) is 2. The molecule has 0 aromatic heterocycles. The highest BCUT2D eigenvalue weighted by Crippen LogP contribution is 2.27. The molecule has 2 amide bonds. The molecular weight excluding hydrogens is 545 g/mol. The summed E-state index contributed by atoms with van der Waals surface area (Å²) in [5.41, 5.74) is 1.68. The van der Waals surface area contributed by atoms with Gasteiger partial charge in [-0.3, -0.25) is 13.9 Å². The first-order valence-electron chi connectivity index (χ1n) is 11.6. The Kier molecular flexibility index (Phi) is 10.9. The number of sulfonamides is 1. The number of anilines is 1. The van der Waals surface area contributed by atoms with E-state index < -0.39 is 28.5 Å². The Balaban J connectivity index is 2.48. The number of rotatable bonds is 11. The number of amides is 2. The van der Waals surface area contributed by atoms with E-state index in [9.17, 15) is 18.0 Å². The largest absolute Gasteiger partial charge is 0.352 e. The molecule has 0 heterocycles. The Bertz CT molecular complexity index is 1210. The molecule has 2 atom stereocenters. The minimum atomic E-state index is -3.85. The molecule has 0 aliphatic carbocycles. The van der Waals surface area contributed by atoms with Crippen LogP contribution in [0, 0.1) is 6.92 Å². The van der Waals surface area contributed by atoms with E-state index in [0.717, 1.165) is 22.5 Å². The van der Waals surface area contributed by atoms with Gasteiger partial charge in [-0.25, -0.2) is 8.42 Å². The van der Waals surface area contributed by atoms with E-state index in [1.807, 2.05) is 13.8 Å². The van der Waals surface area contributed by atoms with Crippen molar-refractivity contribution in [2.75, 3.05) is 17.1 Å². The van der Waals surface area contributed by atoms with Gasteiger partial charge < -0.3 is 10.2 Å². The zero-order valence-electron chi connectivity index (χ0n) is 21.0. The van der Waals surface area contributed by atoms with Crippen molar-refractivity contribution in [1.82, 2.24) is 10.2 Å². The Morgan fingerprint density at radius 2 is 1.64 bits per heavy atom. The van der Waals surface area contributed by atoms with E-state index in [4.69, 9.17) is 34.8 Å². The number of aryl methyl sites for hydroxylation is 1. The smallest absolute Gasteiger partial charge is 0.244 e. The van der Waals surface area contributed by atoms with E-state index in [2.05, 4.69) is 5.32 Å². The van der Waals surface area contributed by atoms with Gasteiger partial charge in [0.05, 0.1) is 22.0 Å². The Morgan fingerprint density at radius 3 is 2.17 bits per heavy atom. The van der Waals surface area contributed by atoms with Gasteiger partial charge in [-0.1, -0.05) is 60.8 Å². The molecule has 0 radical (unpaired) electrons. The van der Waals surface area contributed by atoms with Gasteiger partial charge in [-0.15, -0.1) is 0 Å². The van der Waals surface area contributed by atoms with Crippen molar-refractivity contribution in [1.29, 1.82) is 0 Å². The summed E-state index contributed by atoms with van der Waals surface area (Å²) in [5, 5.41) is 3.97. The topological polar surface area (TPSA) is 86.8 Å². The Hall–Kier alpha value is -2.00. The van der Waals surface area contributed by atoms with Crippen molar-refractivity contribution >= 4 is 62.3 Å². The van der Waals surface area contributed by atoms with Crippen LogP contribution in [-0.2, 0) is 26.2 Å². The van der Waals surface area contributed by atoms with E-state index in [1.54, 1.807) is 44.2 Å². The average Bonchev–Trinajstić information content (AvgIpc) is 2.80. The van der Waals surface area contributed by atoms with Crippen LogP contribution < -0.4 is 9.62 Å². The lowest BCUT2D eigenvalue weighted by atomic mass is 10.1. The molecule has 36 heavy (non-hydrogen) atoms. The molecule has 2 rings (SSSR count). The molecule has 0 aliphatic heterocycles. The van der Waals surface area contributed by atoms with E-state index in [0.29, 0.717) is 27.1 Å². The first kappa shape index (κ1) is 30.2. The van der Waals surface area contributed by atoms with Crippen LogP contribution in [0.5, 0.6) is 0 Å². The summed E-state index contributed by atoms with van der Waals surface area (Å²) in [6, 6.07) is 8.80. The number of halogens is 3. The number of carbonyl (C=O) groups excluding carboxylic acids is 2. The van der Waals surface area contributed by atoms with Gasteiger partial charge in [0, 0.05) is 17.6 Å². The van der Waals surface area contributed by atoms with Gasteiger partial charge in [0.2, 0.25) is 21.8 Å². The summed E-state index contributed by atoms with van der Waals surface area (Å²) in [5.74, 6) is -0.862. The van der Waals surface area contributed by atoms with Crippen molar-refractivity contribution < 1.29 is 18.0 Å². The molecule has 198 valence electrons. The van der Waals surface area contributed by atoms with Crippen LogP contribution in [0.2, 0.25) is 15.1 Å². The van der Waals surface area contributed by atoms with Crippen LogP contribution >= 0.6 is 34.8 Å². The number of benzene rings is 2. The molecule has 0 bridgehead atoms. The molecule has 0 saturated carbocycles. The van der Waals surface area contributed by atoms with Gasteiger partial charge >= 0.3 is 0 Å². The molecule has 0 saturated heterocycles. The lowest BCUT2D eigenvalue weighted by Crippen LogP contribution is -2.53. The fourth-order valence-electron chi connectivity index (χ4n) is 3.55. The maximum atomic E-state index is 13.7. The lowest BCUT2D eigenvalue weighted by molar-refractivity contribution is -0.140. The molecule has 1 N–H and O–H groups in total. The zero-order chi connectivity index (χ0) is 27.2. The Morgan fingerprint density at radius 1 is 0.972 bits per heavy atom. The highest BCUT2D eigenvalue weighted by molar-refractivity contribution is 7.92. The number of hydrogen-bond donors (Lipinski definition) is 1. The second kappa shape index (κ2) is 13.0. The molecule has 0 spiro atoms. The van der Waals surface area contributed by atoms with Crippen molar-refractivity contribution in [2.24, 2.45) is 0 Å². The molecule has 7 nitrogen and oxygen atoms in total. The fraction of sp³-hybridized carbons (Fsp3) is 0.440. The van der Waals surface area contributed by atoms with Crippen LogP contribution in [0.15, 0.2) is 36.4 Å². The predicted molar refractivity (Wildman–Crippen MR) is 147 cm³/mol. The minimum absolute atomic E-state index is 0.0361.